The first-order valence-electron chi connectivity index (χ1n) is 7.27. The van der Waals surface area contributed by atoms with Gasteiger partial charge in [-0.05, 0) is 52.3 Å². The third-order valence-electron chi connectivity index (χ3n) is 4.47. The Morgan fingerprint density at radius 3 is 2.24 bits per heavy atom. The second-order valence-electron chi connectivity index (χ2n) is 6.56. The van der Waals surface area contributed by atoms with Gasteiger partial charge in [0, 0.05) is 6.20 Å². The summed E-state index contributed by atoms with van der Waals surface area (Å²) >= 11 is 0. The fraction of sp³-hybridized carbons (Fsp3) is 0.438. The summed E-state index contributed by atoms with van der Waals surface area (Å²) in [5.41, 5.74) is 2.37. The number of nitrogens with zero attached hydrogens (tertiary/aromatic N) is 2. The number of para-hydroxylation sites is 1. The van der Waals surface area contributed by atoms with Crippen molar-refractivity contribution in [1.82, 2.24) is 9.78 Å². The van der Waals surface area contributed by atoms with E-state index >= 15 is 0 Å². The van der Waals surface area contributed by atoms with Crippen molar-refractivity contribution in [3.63, 3.8) is 0 Å². The Morgan fingerprint density at radius 2 is 1.62 bits per heavy atom. The maximum Gasteiger partial charge on any atom is 0.516 e. The molecule has 1 fully saturated rings. The van der Waals surface area contributed by atoms with Gasteiger partial charge < -0.3 is 9.31 Å². The first kappa shape index (κ1) is 14.4. The first-order chi connectivity index (χ1) is 9.80. The number of aromatic nitrogens is 2. The Hall–Kier alpha value is -1.59. The quantitative estimate of drug-likeness (QED) is 0.795. The van der Waals surface area contributed by atoms with E-state index in [1.807, 2.05) is 56.8 Å². The van der Waals surface area contributed by atoms with Gasteiger partial charge in [-0.15, -0.1) is 0 Å². The lowest BCUT2D eigenvalue weighted by Gasteiger charge is -2.32. The van der Waals surface area contributed by atoms with E-state index in [4.69, 9.17) is 9.31 Å². The Bertz CT molecular complexity index is 648. The number of hydrogen-bond acceptors (Lipinski definition) is 3. The molecule has 21 heavy (non-hydrogen) atoms. The Balaban J connectivity index is 1.89. The molecule has 0 atom stereocenters. The number of benzene rings is 1. The largest absolute Gasteiger partial charge is 0.516 e. The molecule has 0 unspecified atom stereocenters. The number of aryl methyl sites for hydroxylation is 1. The van der Waals surface area contributed by atoms with Gasteiger partial charge in [-0.2, -0.15) is 5.10 Å². The van der Waals surface area contributed by atoms with Crippen molar-refractivity contribution >= 4 is 12.7 Å². The molecule has 0 aliphatic carbocycles. The molecule has 1 aliphatic rings. The predicted octanol–water partition coefficient (Wildman–Crippen LogP) is 2.48. The van der Waals surface area contributed by atoms with Crippen LogP contribution in [0.4, 0.5) is 0 Å². The molecule has 0 spiro atoms. The van der Waals surface area contributed by atoms with Crippen molar-refractivity contribution in [2.24, 2.45) is 0 Å². The third-order valence-corrected chi connectivity index (χ3v) is 4.47. The highest BCUT2D eigenvalue weighted by Gasteiger charge is 2.52. The van der Waals surface area contributed by atoms with Crippen LogP contribution in [0, 0.1) is 6.92 Å². The van der Waals surface area contributed by atoms with Crippen molar-refractivity contribution in [3.05, 3.63) is 42.1 Å². The van der Waals surface area contributed by atoms with Crippen LogP contribution < -0.4 is 5.59 Å². The molecular weight excluding hydrogens is 263 g/mol. The van der Waals surface area contributed by atoms with Crippen molar-refractivity contribution < 1.29 is 9.31 Å². The van der Waals surface area contributed by atoms with E-state index in [1.54, 1.807) is 0 Å². The van der Waals surface area contributed by atoms with Gasteiger partial charge in [0.15, 0.2) is 0 Å². The van der Waals surface area contributed by atoms with Crippen molar-refractivity contribution in [2.75, 3.05) is 0 Å². The lowest BCUT2D eigenvalue weighted by atomic mass is 9.85. The summed E-state index contributed by atoms with van der Waals surface area (Å²) in [7, 11) is -0.416. The monoisotopic (exact) mass is 284 g/mol. The lowest BCUT2D eigenvalue weighted by molar-refractivity contribution is 0.00578. The predicted molar refractivity (Wildman–Crippen MR) is 84.0 cm³/mol. The van der Waals surface area contributed by atoms with E-state index in [-0.39, 0.29) is 11.2 Å². The molecule has 5 heteroatoms. The molecule has 110 valence electrons. The van der Waals surface area contributed by atoms with Crippen LogP contribution in [0.3, 0.4) is 0 Å². The van der Waals surface area contributed by atoms with Gasteiger partial charge in [-0.1, -0.05) is 18.2 Å². The summed E-state index contributed by atoms with van der Waals surface area (Å²) in [5.74, 6) is 0. The first-order valence-corrected chi connectivity index (χ1v) is 7.27. The van der Waals surface area contributed by atoms with E-state index < -0.39 is 7.12 Å². The molecule has 2 heterocycles. The Labute approximate surface area is 126 Å². The van der Waals surface area contributed by atoms with E-state index in [0.717, 1.165) is 11.3 Å². The van der Waals surface area contributed by atoms with Crippen LogP contribution in [0.1, 0.15) is 33.3 Å². The summed E-state index contributed by atoms with van der Waals surface area (Å²) < 4.78 is 13.9. The third kappa shape index (κ3) is 2.41. The average Bonchev–Trinajstić information content (AvgIpc) is 2.94. The maximum atomic E-state index is 6.03. The second-order valence-corrected chi connectivity index (χ2v) is 6.56. The number of hydrogen-bond donors (Lipinski definition) is 0. The van der Waals surface area contributed by atoms with Crippen molar-refractivity contribution in [2.45, 2.75) is 45.8 Å². The van der Waals surface area contributed by atoms with E-state index in [2.05, 4.69) is 24.2 Å². The molecule has 2 aromatic rings. The van der Waals surface area contributed by atoms with Crippen LogP contribution in [-0.4, -0.2) is 28.1 Å². The molecule has 1 aromatic heterocycles. The van der Waals surface area contributed by atoms with Crippen molar-refractivity contribution in [3.8, 4) is 5.69 Å². The molecule has 1 saturated heterocycles. The van der Waals surface area contributed by atoms with E-state index in [9.17, 15) is 0 Å². The summed E-state index contributed by atoms with van der Waals surface area (Å²) in [6, 6.07) is 10.1. The van der Waals surface area contributed by atoms with Crippen LogP contribution >= 0.6 is 0 Å². The molecular formula is C16H21BN2O2. The molecule has 1 aromatic carbocycles. The van der Waals surface area contributed by atoms with Gasteiger partial charge >= 0.3 is 7.12 Å². The smallest absolute Gasteiger partial charge is 0.398 e. The minimum Gasteiger partial charge on any atom is -0.398 e. The molecule has 0 saturated carbocycles. The Kier molecular flexibility index (Phi) is 3.22. The van der Waals surface area contributed by atoms with Crippen LogP contribution in [0.2, 0.25) is 0 Å². The molecule has 1 aliphatic heterocycles. The molecule has 4 nitrogen and oxygen atoms in total. The molecule has 3 rings (SSSR count). The van der Waals surface area contributed by atoms with Gasteiger partial charge in [-0.25, -0.2) is 4.68 Å². The molecule has 0 N–H and O–H groups in total. The normalized spacial score (nSPS) is 20.0. The summed E-state index contributed by atoms with van der Waals surface area (Å²) in [6.45, 7) is 10.3. The summed E-state index contributed by atoms with van der Waals surface area (Å²) in [5, 5.41) is 4.62. The van der Waals surface area contributed by atoms with Crippen LogP contribution in [0.15, 0.2) is 36.5 Å². The van der Waals surface area contributed by atoms with Crippen LogP contribution in [0.25, 0.3) is 5.69 Å². The zero-order valence-corrected chi connectivity index (χ0v) is 13.3. The van der Waals surface area contributed by atoms with Crippen LogP contribution in [0.5, 0.6) is 0 Å². The fourth-order valence-electron chi connectivity index (χ4n) is 2.38. The maximum absolute atomic E-state index is 6.03. The highest BCUT2D eigenvalue weighted by molar-refractivity contribution is 6.61. The molecule has 0 bridgehead atoms. The van der Waals surface area contributed by atoms with Gasteiger partial charge in [0.25, 0.3) is 0 Å². The van der Waals surface area contributed by atoms with E-state index in [1.165, 1.54) is 5.56 Å². The fourth-order valence-corrected chi connectivity index (χ4v) is 2.38. The second kappa shape index (κ2) is 4.72. The van der Waals surface area contributed by atoms with Gasteiger partial charge in [0.1, 0.15) is 0 Å². The van der Waals surface area contributed by atoms with Gasteiger partial charge in [0.2, 0.25) is 0 Å². The zero-order valence-electron chi connectivity index (χ0n) is 13.3. The topological polar surface area (TPSA) is 36.3 Å². The average molecular weight is 284 g/mol. The number of rotatable bonds is 2. The van der Waals surface area contributed by atoms with E-state index in [0.29, 0.717) is 0 Å². The minimum atomic E-state index is -0.416. The molecule has 0 radical (unpaired) electrons. The standard InChI is InChI=1S/C16H21BN2O2/c1-12-8-6-7-9-13(12)19-11-10-14(18-19)17-20-15(2,3)16(4,5)21-17/h6-11H,1-5H3. The highest BCUT2D eigenvalue weighted by atomic mass is 16.7. The van der Waals surface area contributed by atoms with Crippen molar-refractivity contribution in [1.29, 1.82) is 0 Å². The Morgan fingerprint density at radius 1 is 1.00 bits per heavy atom. The lowest BCUT2D eigenvalue weighted by Crippen LogP contribution is -2.41. The van der Waals surface area contributed by atoms with Gasteiger partial charge in [0.05, 0.1) is 22.5 Å². The molecule has 0 amide bonds. The SMILES string of the molecule is Cc1ccccc1-n1ccc(B2OC(C)(C)C(C)(C)O2)n1. The van der Waals surface area contributed by atoms with Gasteiger partial charge in [-0.3, -0.25) is 0 Å². The highest BCUT2D eigenvalue weighted by Crippen LogP contribution is 2.36. The zero-order chi connectivity index (χ0) is 15.3. The minimum absolute atomic E-state index is 0.343. The summed E-state index contributed by atoms with van der Waals surface area (Å²) in [4.78, 5) is 0. The summed E-state index contributed by atoms with van der Waals surface area (Å²) in [6.07, 6.45) is 1.95. The van der Waals surface area contributed by atoms with Crippen LogP contribution in [-0.2, 0) is 9.31 Å².